The van der Waals surface area contributed by atoms with Crippen LogP contribution in [0.4, 0.5) is 11.4 Å². The van der Waals surface area contributed by atoms with Gasteiger partial charge in [0.1, 0.15) is 16.3 Å². The molecule has 3 rings (SSSR count). The number of sulfonamides is 1. The highest BCUT2D eigenvalue weighted by molar-refractivity contribution is 7.89. The molecule has 2 heterocycles. The largest absolute Gasteiger partial charge is 0.389 e. The zero-order valence-electron chi connectivity index (χ0n) is 9.67. The Morgan fingerprint density at radius 1 is 1.21 bits per heavy atom. The van der Waals surface area contributed by atoms with Crippen molar-refractivity contribution >= 4 is 32.8 Å². The van der Waals surface area contributed by atoms with Crippen LogP contribution in [-0.4, -0.2) is 48.2 Å². The third-order valence-electron chi connectivity index (χ3n) is 3.09. The summed E-state index contributed by atoms with van der Waals surface area (Å²) in [7, 11) is -3.78. The molecule has 0 spiro atoms. The van der Waals surface area contributed by atoms with E-state index in [1.807, 2.05) is 0 Å². The van der Waals surface area contributed by atoms with E-state index in [4.69, 9.17) is 0 Å². The fraction of sp³-hybridized carbons (Fsp3) is 0.400. The van der Waals surface area contributed by atoms with Gasteiger partial charge in [-0.1, -0.05) is 6.07 Å². The number of nitrogens with zero attached hydrogens (tertiary/aromatic N) is 3. The van der Waals surface area contributed by atoms with Crippen molar-refractivity contribution in [3.05, 3.63) is 18.2 Å². The van der Waals surface area contributed by atoms with E-state index in [1.54, 1.807) is 12.1 Å². The molecule has 2 atom stereocenters. The van der Waals surface area contributed by atoms with Gasteiger partial charge in [-0.2, -0.15) is 13.0 Å². The molecule has 7 nitrogen and oxygen atoms in total. The zero-order valence-corrected chi connectivity index (χ0v) is 11.3. The van der Waals surface area contributed by atoms with E-state index in [0.29, 0.717) is 11.4 Å². The van der Waals surface area contributed by atoms with Crippen LogP contribution < -0.4 is 0 Å². The second-order valence-corrected chi connectivity index (χ2v) is 6.78. The van der Waals surface area contributed by atoms with Crippen molar-refractivity contribution in [3.8, 4) is 0 Å². The zero-order chi connectivity index (χ0) is 13.6. The van der Waals surface area contributed by atoms with Crippen molar-refractivity contribution in [1.29, 1.82) is 0 Å². The van der Waals surface area contributed by atoms with Gasteiger partial charge >= 0.3 is 0 Å². The van der Waals surface area contributed by atoms with Gasteiger partial charge in [0.05, 0.1) is 23.6 Å². The highest BCUT2D eigenvalue weighted by Gasteiger charge is 2.39. The smallest absolute Gasteiger partial charge is 0.245 e. The van der Waals surface area contributed by atoms with Crippen LogP contribution in [0, 0.1) is 0 Å². The lowest BCUT2D eigenvalue weighted by atomic mass is 10.3. The number of aliphatic hydroxyl groups excluding tert-OH is 2. The molecule has 0 unspecified atom stereocenters. The number of benzene rings is 1. The average Bonchev–Trinajstić information content (AvgIpc) is 2.96. The summed E-state index contributed by atoms with van der Waals surface area (Å²) in [5.41, 5.74) is 0.842. The number of aliphatic hydroxyl groups is 2. The van der Waals surface area contributed by atoms with Crippen molar-refractivity contribution in [2.75, 3.05) is 13.1 Å². The Balaban J connectivity index is 2.03. The highest BCUT2D eigenvalue weighted by Crippen LogP contribution is 2.39. The standard InChI is InChI=1S/C10H11N3O4S2/c14-7-4-13(5-8(7)15)19(16,17)9-3-1-2-6-10(9)12-18-11-6/h1-3,7-8,14-15H,4-5H2/t7-,8+. The van der Waals surface area contributed by atoms with E-state index in [2.05, 4.69) is 8.73 Å². The van der Waals surface area contributed by atoms with E-state index in [9.17, 15) is 18.6 Å². The van der Waals surface area contributed by atoms with Crippen molar-refractivity contribution in [2.24, 2.45) is 8.73 Å². The van der Waals surface area contributed by atoms with Gasteiger partial charge in [0.15, 0.2) is 0 Å². The van der Waals surface area contributed by atoms with Gasteiger partial charge < -0.3 is 10.2 Å². The van der Waals surface area contributed by atoms with E-state index in [-0.39, 0.29) is 18.0 Å². The van der Waals surface area contributed by atoms with E-state index < -0.39 is 22.2 Å². The van der Waals surface area contributed by atoms with Crippen molar-refractivity contribution in [2.45, 2.75) is 17.1 Å². The Morgan fingerprint density at radius 3 is 2.58 bits per heavy atom. The Kier molecular flexibility index (Phi) is 3.02. The summed E-state index contributed by atoms with van der Waals surface area (Å²) in [6.45, 7) is -0.227. The van der Waals surface area contributed by atoms with Gasteiger partial charge in [-0.3, -0.25) is 0 Å². The molecule has 0 radical (unpaired) electrons. The monoisotopic (exact) mass is 301 g/mol. The van der Waals surface area contributed by atoms with Gasteiger partial charge in [-0.05, 0) is 12.1 Å². The van der Waals surface area contributed by atoms with Crippen LogP contribution in [0.25, 0.3) is 0 Å². The van der Waals surface area contributed by atoms with Gasteiger partial charge in [0.25, 0.3) is 0 Å². The van der Waals surface area contributed by atoms with Gasteiger partial charge in [-0.25, -0.2) is 8.42 Å². The fourth-order valence-corrected chi connectivity index (χ4v) is 4.29. The molecule has 1 aromatic rings. The Hall–Kier alpha value is -1.13. The Bertz CT molecular complexity index is 687. The first-order chi connectivity index (χ1) is 9.00. The van der Waals surface area contributed by atoms with Crippen molar-refractivity contribution in [1.82, 2.24) is 4.31 Å². The van der Waals surface area contributed by atoms with Crippen LogP contribution in [-0.2, 0) is 21.4 Å². The first-order valence-corrected chi connectivity index (χ1v) is 7.75. The number of rotatable bonds is 2. The molecule has 0 amide bonds. The lowest BCUT2D eigenvalue weighted by molar-refractivity contribution is 0.0572. The number of hydrogen-bond donors (Lipinski definition) is 2. The van der Waals surface area contributed by atoms with E-state index >= 15 is 0 Å². The normalized spacial score (nSPS) is 26.4. The molecule has 19 heavy (non-hydrogen) atoms. The maximum Gasteiger partial charge on any atom is 0.245 e. The third kappa shape index (κ3) is 2.03. The second-order valence-electron chi connectivity index (χ2n) is 4.34. The van der Waals surface area contributed by atoms with Gasteiger partial charge in [0, 0.05) is 13.1 Å². The summed E-state index contributed by atoms with van der Waals surface area (Å²) in [6.07, 6.45) is -2.11. The quantitative estimate of drug-likeness (QED) is 0.823. The van der Waals surface area contributed by atoms with Crippen LogP contribution in [0.1, 0.15) is 0 Å². The minimum absolute atomic E-state index is 0.0556. The fourth-order valence-electron chi connectivity index (χ4n) is 2.06. The predicted molar refractivity (Wildman–Crippen MR) is 68.8 cm³/mol. The number of hydrogen-bond acceptors (Lipinski definition) is 6. The third-order valence-corrected chi connectivity index (χ3v) is 5.50. The van der Waals surface area contributed by atoms with E-state index in [0.717, 1.165) is 15.7 Å². The van der Waals surface area contributed by atoms with Gasteiger partial charge in [-0.15, -0.1) is 0 Å². The molecular formula is C10H11N3O4S2. The Morgan fingerprint density at radius 2 is 1.89 bits per heavy atom. The molecular weight excluding hydrogens is 290 g/mol. The minimum atomic E-state index is -3.78. The summed E-state index contributed by atoms with van der Waals surface area (Å²) in [5, 5.41) is 18.9. The molecule has 2 aliphatic rings. The maximum atomic E-state index is 12.5. The SMILES string of the molecule is O=S(=O)(c1cccc2c1N=S=N2)N1C[C@@H](O)[C@@H](O)C1. The molecule has 1 fully saturated rings. The molecule has 9 heteroatoms. The second kappa shape index (κ2) is 4.46. The van der Waals surface area contributed by atoms with E-state index in [1.165, 1.54) is 6.07 Å². The summed E-state index contributed by atoms with van der Waals surface area (Å²) in [5.74, 6) is 0. The summed E-state index contributed by atoms with van der Waals surface area (Å²) in [6, 6.07) is 4.74. The van der Waals surface area contributed by atoms with Crippen LogP contribution in [0.15, 0.2) is 31.8 Å². The first-order valence-electron chi connectivity index (χ1n) is 5.58. The first kappa shape index (κ1) is 12.9. The van der Waals surface area contributed by atoms with Crippen molar-refractivity contribution in [3.63, 3.8) is 0 Å². The highest BCUT2D eigenvalue weighted by atomic mass is 32.2. The topological polar surface area (TPSA) is 103 Å². The molecule has 0 bridgehead atoms. The predicted octanol–water partition coefficient (Wildman–Crippen LogP) is 0.139. The number of β-amino-alcohol motifs (C(OH)–C–C–N with tert-alkyl or cyclic N) is 2. The lowest BCUT2D eigenvalue weighted by Gasteiger charge is -2.16. The molecule has 2 N–H and O–H groups in total. The van der Waals surface area contributed by atoms with Crippen molar-refractivity contribution < 1.29 is 18.6 Å². The van der Waals surface area contributed by atoms with Crippen LogP contribution >= 0.6 is 0 Å². The number of fused-ring (bicyclic) bond motifs is 1. The van der Waals surface area contributed by atoms with Crippen LogP contribution in [0.3, 0.4) is 0 Å². The molecule has 0 aromatic heterocycles. The average molecular weight is 301 g/mol. The Labute approximate surface area is 113 Å². The maximum absolute atomic E-state index is 12.5. The molecule has 1 aromatic carbocycles. The summed E-state index contributed by atoms with van der Waals surface area (Å²) in [4.78, 5) is 0.0556. The summed E-state index contributed by atoms with van der Waals surface area (Å²) < 4.78 is 34.0. The molecule has 1 saturated heterocycles. The van der Waals surface area contributed by atoms with Gasteiger partial charge in [0.2, 0.25) is 10.0 Å². The lowest BCUT2D eigenvalue weighted by Crippen LogP contribution is -2.30. The molecule has 0 aliphatic carbocycles. The summed E-state index contributed by atoms with van der Waals surface area (Å²) >= 11 is 0.945. The minimum Gasteiger partial charge on any atom is -0.389 e. The van der Waals surface area contributed by atoms with Crippen LogP contribution in [0.5, 0.6) is 0 Å². The molecule has 0 saturated carbocycles. The molecule has 2 aliphatic heterocycles. The molecule has 102 valence electrons. The van der Waals surface area contributed by atoms with Crippen LogP contribution in [0.2, 0.25) is 0 Å².